The highest BCUT2D eigenvalue weighted by Gasteiger charge is 2.24. The van der Waals surface area contributed by atoms with Gasteiger partial charge in [-0.1, -0.05) is 18.2 Å². The van der Waals surface area contributed by atoms with Crippen molar-refractivity contribution in [2.75, 3.05) is 20.6 Å². The van der Waals surface area contributed by atoms with Crippen molar-refractivity contribution in [2.24, 2.45) is 5.73 Å². The van der Waals surface area contributed by atoms with Crippen LogP contribution in [0.25, 0.3) is 0 Å². The molecule has 0 aromatic heterocycles. The minimum Gasteiger partial charge on any atom is -0.390 e. The Labute approximate surface area is 89.3 Å². The lowest BCUT2D eigenvalue weighted by Gasteiger charge is -2.28. The van der Waals surface area contributed by atoms with Crippen molar-refractivity contribution in [3.8, 4) is 0 Å². The first-order valence-corrected chi connectivity index (χ1v) is 4.87. The molecule has 0 saturated heterocycles. The first-order chi connectivity index (χ1) is 7.07. The van der Waals surface area contributed by atoms with Gasteiger partial charge in [0.15, 0.2) is 0 Å². The Kier molecular flexibility index (Phi) is 4.20. The van der Waals surface area contributed by atoms with E-state index < -0.39 is 12.1 Å². The molecule has 2 atom stereocenters. The SMILES string of the molecule is CN(C)C(c1ccccc1F)C(O)CN. The van der Waals surface area contributed by atoms with Crippen LogP contribution in [0.4, 0.5) is 4.39 Å². The lowest BCUT2D eigenvalue weighted by atomic mass is 10.00. The molecule has 0 aliphatic rings. The minimum absolute atomic E-state index is 0.108. The predicted octanol–water partition coefficient (Wildman–Crippen LogP) is 0.748. The topological polar surface area (TPSA) is 49.5 Å². The van der Waals surface area contributed by atoms with Gasteiger partial charge in [-0.05, 0) is 20.2 Å². The van der Waals surface area contributed by atoms with E-state index >= 15 is 0 Å². The van der Waals surface area contributed by atoms with Gasteiger partial charge < -0.3 is 10.8 Å². The summed E-state index contributed by atoms with van der Waals surface area (Å²) in [6, 6.07) is 6.02. The largest absolute Gasteiger partial charge is 0.390 e. The molecule has 4 heteroatoms. The van der Waals surface area contributed by atoms with Gasteiger partial charge in [-0.2, -0.15) is 0 Å². The highest BCUT2D eigenvalue weighted by molar-refractivity contribution is 5.22. The van der Waals surface area contributed by atoms with E-state index in [-0.39, 0.29) is 12.4 Å². The van der Waals surface area contributed by atoms with Crippen molar-refractivity contribution in [1.82, 2.24) is 4.90 Å². The second-order valence-corrected chi connectivity index (χ2v) is 3.73. The van der Waals surface area contributed by atoms with E-state index in [0.29, 0.717) is 5.56 Å². The summed E-state index contributed by atoms with van der Waals surface area (Å²) in [6.07, 6.45) is -0.767. The summed E-state index contributed by atoms with van der Waals surface area (Å²) >= 11 is 0. The number of aliphatic hydroxyl groups is 1. The molecule has 0 bridgehead atoms. The van der Waals surface area contributed by atoms with Gasteiger partial charge in [0.1, 0.15) is 5.82 Å². The molecule has 84 valence electrons. The van der Waals surface area contributed by atoms with Crippen LogP contribution in [0.5, 0.6) is 0 Å². The normalized spacial score (nSPS) is 15.3. The number of aliphatic hydroxyl groups excluding tert-OH is 1. The number of hydrogen-bond acceptors (Lipinski definition) is 3. The van der Waals surface area contributed by atoms with Gasteiger partial charge in [0.2, 0.25) is 0 Å². The molecule has 1 aromatic carbocycles. The van der Waals surface area contributed by atoms with Crippen LogP contribution in [0, 0.1) is 5.82 Å². The highest BCUT2D eigenvalue weighted by atomic mass is 19.1. The lowest BCUT2D eigenvalue weighted by Crippen LogP contribution is -2.36. The van der Waals surface area contributed by atoms with Crippen LogP contribution < -0.4 is 5.73 Å². The standard InChI is InChI=1S/C11H17FN2O/c1-14(2)11(10(15)7-13)8-5-3-4-6-9(8)12/h3-6,10-11,15H,7,13H2,1-2H3. The van der Waals surface area contributed by atoms with E-state index in [4.69, 9.17) is 5.73 Å². The van der Waals surface area contributed by atoms with Gasteiger partial charge in [-0.25, -0.2) is 4.39 Å². The van der Waals surface area contributed by atoms with Gasteiger partial charge in [-0.15, -0.1) is 0 Å². The fraction of sp³-hybridized carbons (Fsp3) is 0.455. The lowest BCUT2D eigenvalue weighted by molar-refractivity contribution is 0.0802. The Bertz CT molecular complexity index is 317. The fourth-order valence-corrected chi connectivity index (χ4v) is 1.67. The van der Waals surface area contributed by atoms with Crippen molar-refractivity contribution in [1.29, 1.82) is 0 Å². The number of benzene rings is 1. The van der Waals surface area contributed by atoms with Gasteiger partial charge in [0.25, 0.3) is 0 Å². The van der Waals surface area contributed by atoms with Gasteiger partial charge in [0.05, 0.1) is 12.1 Å². The molecular weight excluding hydrogens is 195 g/mol. The van der Waals surface area contributed by atoms with Gasteiger partial charge in [0, 0.05) is 12.1 Å². The first-order valence-electron chi connectivity index (χ1n) is 4.87. The van der Waals surface area contributed by atoms with E-state index in [9.17, 15) is 9.50 Å². The Morgan fingerprint density at radius 1 is 1.40 bits per heavy atom. The number of nitrogens with two attached hydrogens (primary N) is 1. The maximum atomic E-state index is 13.5. The van der Waals surface area contributed by atoms with Crippen LogP contribution >= 0.6 is 0 Å². The molecule has 1 aromatic rings. The monoisotopic (exact) mass is 212 g/mol. The maximum absolute atomic E-state index is 13.5. The van der Waals surface area contributed by atoms with E-state index in [1.807, 2.05) is 0 Å². The smallest absolute Gasteiger partial charge is 0.128 e. The Balaban J connectivity index is 3.04. The predicted molar refractivity (Wildman–Crippen MR) is 57.9 cm³/mol. The van der Waals surface area contributed by atoms with E-state index in [2.05, 4.69) is 0 Å². The van der Waals surface area contributed by atoms with Crippen LogP contribution in [0.15, 0.2) is 24.3 Å². The molecule has 1 rings (SSSR count). The van der Waals surface area contributed by atoms with Crippen molar-refractivity contribution < 1.29 is 9.50 Å². The third-order valence-electron chi connectivity index (χ3n) is 2.39. The summed E-state index contributed by atoms with van der Waals surface area (Å²) in [7, 11) is 3.58. The van der Waals surface area contributed by atoms with E-state index in [0.717, 1.165) is 0 Å². The van der Waals surface area contributed by atoms with Crippen LogP contribution in [0.3, 0.4) is 0 Å². The number of nitrogens with zero attached hydrogens (tertiary/aromatic N) is 1. The van der Waals surface area contributed by atoms with E-state index in [1.165, 1.54) is 6.07 Å². The number of halogens is 1. The Morgan fingerprint density at radius 2 is 2.00 bits per heavy atom. The average Bonchev–Trinajstić information content (AvgIpc) is 2.20. The van der Waals surface area contributed by atoms with Gasteiger partial charge >= 0.3 is 0 Å². The van der Waals surface area contributed by atoms with Gasteiger partial charge in [-0.3, -0.25) is 4.90 Å². The molecule has 0 saturated carbocycles. The number of hydrogen-bond donors (Lipinski definition) is 2. The summed E-state index contributed by atoms with van der Waals surface area (Å²) in [5.41, 5.74) is 5.87. The zero-order valence-corrected chi connectivity index (χ0v) is 9.02. The fourth-order valence-electron chi connectivity index (χ4n) is 1.67. The summed E-state index contributed by atoms with van der Waals surface area (Å²) in [4.78, 5) is 1.76. The summed E-state index contributed by atoms with van der Waals surface area (Å²) in [6.45, 7) is 0.108. The molecule has 2 unspecified atom stereocenters. The van der Waals surface area contributed by atoms with Crippen molar-refractivity contribution in [3.63, 3.8) is 0 Å². The van der Waals surface area contributed by atoms with Crippen LogP contribution in [0.1, 0.15) is 11.6 Å². The maximum Gasteiger partial charge on any atom is 0.128 e. The molecule has 3 N–H and O–H groups in total. The Morgan fingerprint density at radius 3 is 2.47 bits per heavy atom. The summed E-state index contributed by atoms with van der Waals surface area (Å²) in [5.74, 6) is -0.316. The molecule has 0 aliphatic heterocycles. The average molecular weight is 212 g/mol. The molecule has 0 heterocycles. The van der Waals surface area contributed by atoms with Crippen LogP contribution in [0.2, 0.25) is 0 Å². The molecule has 15 heavy (non-hydrogen) atoms. The molecule has 0 spiro atoms. The van der Waals surface area contributed by atoms with Crippen molar-refractivity contribution >= 4 is 0 Å². The third kappa shape index (κ3) is 2.75. The quantitative estimate of drug-likeness (QED) is 0.774. The Hall–Kier alpha value is -0.970. The summed E-state index contributed by atoms with van der Waals surface area (Å²) in [5, 5.41) is 9.73. The number of rotatable bonds is 4. The molecule has 0 aliphatic carbocycles. The van der Waals surface area contributed by atoms with Crippen molar-refractivity contribution in [2.45, 2.75) is 12.1 Å². The first kappa shape index (κ1) is 12.1. The van der Waals surface area contributed by atoms with E-state index in [1.54, 1.807) is 37.2 Å². The third-order valence-corrected chi connectivity index (χ3v) is 2.39. The minimum atomic E-state index is -0.767. The second kappa shape index (κ2) is 5.21. The zero-order chi connectivity index (χ0) is 11.4. The van der Waals surface area contributed by atoms with Crippen LogP contribution in [-0.4, -0.2) is 36.8 Å². The molecule has 0 radical (unpaired) electrons. The second-order valence-electron chi connectivity index (χ2n) is 3.73. The van der Waals surface area contributed by atoms with Crippen molar-refractivity contribution in [3.05, 3.63) is 35.6 Å². The molecule has 0 amide bonds. The molecule has 3 nitrogen and oxygen atoms in total. The molecular formula is C11H17FN2O. The highest BCUT2D eigenvalue weighted by Crippen LogP contribution is 2.24. The number of likely N-dealkylation sites (N-methyl/N-ethyl adjacent to an activating group) is 1. The zero-order valence-electron chi connectivity index (χ0n) is 9.02. The summed E-state index contributed by atoms with van der Waals surface area (Å²) < 4.78 is 13.5. The van der Waals surface area contributed by atoms with Crippen LogP contribution in [-0.2, 0) is 0 Å². The molecule has 0 fully saturated rings.